The zero-order valence-corrected chi connectivity index (χ0v) is 15.8. The molecule has 0 spiro atoms. The van der Waals surface area contributed by atoms with Crippen molar-refractivity contribution in [2.24, 2.45) is 0 Å². The zero-order chi connectivity index (χ0) is 17.9. The van der Waals surface area contributed by atoms with Crippen molar-refractivity contribution in [3.8, 4) is 0 Å². The van der Waals surface area contributed by atoms with Crippen LogP contribution in [0.15, 0.2) is 46.6 Å². The van der Waals surface area contributed by atoms with Gasteiger partial charge in [-0.05, 0) is 23.4 Å². The third kappa shape index (κ3) is 3.32. The molecule has 136 valence electrons. The summed E-state index contributed by atoms with van der Waals surface area (Å²) in [5, 5.41) is 6.09. The number of piperazine rings is 1. The van der Waals surface area contributed by atoms with Crippen molar-refractivity contribution in [3.05, 3.63) is 63.5 Å². The maximum atomic E-state index is 13.2. The average Bonchev–Trinajstić information content (AvgIpc) is 3.16. The molecule has 0 bridgehead atoms. The van der Waals surface area contributed by atoms with E-state index in [9.17, 15) is 4.79 Å². The Bertz CT molecular complexity index is 928. The number of hydrogen-bond donors (Lipinski definition) is 1. The van der Waals surface area contributed by atoms with E-state index >= 15 is 0 Å². The predicted octanol–water partition coefficient (Wildman–Crippen LogP) is 2.86. The molecule has 1 aromatic carbocycles. The van der Waals surface area contributed by atoms with Crippen LogP contribution < -0.4 is 10.9 Å². The fourth-order valence-corrected chi connectivity index (χ4v) is 4.50. The van der Waals surface area contributed by atoms with Gasteiger partial charge in [0.25, 0.3) is 5.56 Å². The molecule has 2 aromatic heterocycles. The Morgan fingerprint density at radius 3 is 2.69 bits per heavy atom. The zero-order valence-electron chi connectivity index (χ0n) is 15.0. The molecular weight excluding hydrogens is 344 g/mol. The van der Waals surface area contributed by atoms with Crippen molar-refractivity contribution in [1.29, 1.82) is 0 Å². The summed E-state index contributed by atoms with van der Waals surface area (Å²) < 4.78 is 1.89. The number of hydrogen-bond acceptors (Lipinski definition) is 5. The van der Waals surface area contributed by atoms with Crippen LogP contribution in [0.2, 0.25) is 0 Å². The molecule has 5 nitrogen and oxygen atoms in total. The molecular formula is C20H24N4OS. The van der Waals surface area contributed by atoms with Crippen LogP contribution in [-0.2, 0) is 6.54 Å². The molecule has 1 aliphatic heterocycles. The van der Waals surface area contributed by atoms with E-state index in [2.05, 4.69) is 29.3 Å². The van der Waals surface area contributed by atoms with Gasteiger partial charge >= 0.3 is 0 Å². The first-order valence-corrected chi connectivity index (χ1v) is 10.1. The molecule has 4 rings (SSSR count). The average molecular weight is 369 g/mol. The normalized spacial score (nSPS) is 16.8. The first kappa shape index (κ1) is 17.4. The van der Waals surface area contributed by atoms with Crippen molar-refractivity contribution in [2.75, 3.05) is 26.2 Å². The minimum atomic E-state index is 0.0729. The van der Waals surface area contributed by atoms with Crippen LogP contribution in [0, 0.1) is 0 Å². The van der Waals surface area contributed by atoms with E-state index in [0.29, 0.717) is 6.54 Å². The van der Waals surface area contributed by atoms with Crippen LogP contribution >= 0.6 is 11.3 Å². The van der Waals surface area contributed by atoms with E-state index in [-0.39, 0.29) is 11.6 Å². The second-order valence-electron chi connectivity index (χ2n) is 6.70. The fraction of sp³-hybridized carbons (Fsp3) is 0.400. The Kier molecular flexibility index (Phi) is 5.15. The van der Waals surface area contributed by atoms with Crippen molar-refractivity contribution in [2.45, 2.75) is 25.9 Å². The fourth-order valence-electron chi connectivity index (χ4n) is 3.74. The van der Waals surface area contributed by atoms with E-state index < -0.39 is 0 Å². The molecule has 1 atom stereocenters. The minimum Gasteiger partial charge on any atom is -0.314 e. The molecule has 0 radical (unpaired) electrons. The molecule has 6 heteroatoms. The SMILES string of the molecule is CCC(c1nc2sccc2c(=O)n1Cc1ccccc1)N1CCNCC1. The van der Waals surface area contributed by atoms with Gasteiger partial charge in [-0.25, -0.2) is 4.98 Å². The summed E-state index contributed by atoms with van der Waals surface area (Å²) >= 11 is 1.55. The van der Waals surface area contributed by atoms with Crippen LogP contribution in [0.3, 0.4) is 0 Å². The van der Waals surface area contributed by atoms with Gasteiger partial charge in [0.2, 0.25) is 0 Å². The number of nitrogens with one attached hydrogen (secondary N) is 1. The molecule has 1 unspecified atom stereocenters. The van der Waals surface area contributed by atoms with Gasteiger partial charge < -0.3 is 5.32 Å². The second-order valence-corrected chi connectivity index (χ2v) is 7.59. The van der Waals surface area contributed by atoms with Gasteiger partial charge in [-0.2, -0.15) is 0 Å². The van der Waals surface area contributed by atoms with Crippen molar-refractivity contribution in [1.82, 2.24) is 19.8 Å². The van der Waals surface area contributed by atoms with Crippen LogP contribution in [0.4, 0.5) is 0 Å². The topological polar surface area (TPSA) is 50.2 Å². The maximum absolute atomic E-state index is 13.2. The summed E-state index contributed by atoms with van der Waals surface area (Å²) in [6.45, 7) is 6.70. The molecule has 0 saturated carbocycles. The molecule has 0 amide bonds. The third-order valence-corrected chi connectivity index (χ3v) is 5.88. The number of nitrogens with zero attached hydrogens (tertiary/aromatic N) is 3. The minimum absolute atomic E-state index is 0.0729. The van der Waals surface area contributed by atoms with E-state index in [1.807, 2.05) is 34.2 Å². The first-order chi connectivity index (χ1) is 12.8. The lowest BCUT2D eigenvalue weighted by Crippen LogP contribution is -2.46. The highest BCUT2D eigenvalue weighted by molar-refractivity contribution is 7.16. The van der Waals surface area contributed by atoms with Crippen LogP contribution in [-0.4, -0.2) is 40.6 Å². The smallest absolute Gasteiger partial charge is 0.262 e. The van der Waals surface area contributed by atoms with Gasteiger partial charge in [0.15, 0.2) is 0 Å². The Balaban J connectivity index is 1.83. The van der Waals surface area contributed by atoms with E-state index in [1.165, 1.54) is 0 Å². The summed E-state index contributed by atoms with van der Waals surface area (Å²) in [5.41, 5.74) is 1.20. The van der Waals surface area contributed by atoms with Gasteiger partial charge in [0.05, 0.1) is 18.0 Å². The standard InChI is InChI=1S/C20H24N4OS/c1-2-17(23-11-9-21-10-12-23)18-22-19-16(8-13-26-19)20(25)24(18)14-15-6-4-3-5-7-15/h3-8,13,17,21H,2,9-12,14H2,1H3. The number of rotatable bonds is 5. The number of aromatic nitrogens is 2. The highest BCUT2D eigenvalue weighted by Gasteiger charge is 2.26. The van der Waals surface area contributed by atoms with Crippen molar-refractivity contribution < 1.29 is 0 Å². The Morgan fingerprint density at radius 1 is 1.19 bits per heavy atom. The largest absolute Gasteiger partial charge is 0.314 e. The lowest BCUT2D eigenvalue weighted by atomic mass is 10.1. The van der Waals surface area contributed by atoms with Gasteiger partial charge in [0, 0.05) is 26.2 Å². The second kappa shape index (κ2) is 7.70. The van der Waals surface area contributed by atoms with Crippen molar-refractivity contribution in [3.63, 3.8) is 0 Å². The summed E-state index contributed by atoms with van der Waals surface area (Å²) in [4.78, 5) is 21.5. The van der Waals surface area contributed by atoms with E-state index in [4.69, 9.17) is 4.98 Å². The molecule has 3 aromatic rings. The molecule has 0 aliphatic carbocycles. The van der Waals surface area contributed by atoms with Gasteiger partial charge in [0.1, 0.15) is 10.7 Å². The monoisotopic (exact) mass is 368 g/mol. The lowest BCUT2D eigenvalue weighted by Gasteiger charge is -2.35. The molecule has 1 N–H and O–H groups in total. The van der Waals surface area contributed by atoms with Crippen LogP contribution in [0.25, 0.3) is 10.2 Å². The Labute approximate surface area is 157 Å². The predicted molar refractivity (Wildman–Crippen MR) is 107 cm³/mol. The highest BCUT2D eigenvalue weighted by atomic mass is 32.1. The van der Waals surface area contributed by atoms with Gasteiger partial charge in [-0.1, -0.05) is 37.3 Å². The summed E-state index contributed by atoms with van der Waals surface area (Å²) in [6.07, 6.45) is 0.943. The van der Waals surface area contributed by atoms with Crippen molar-refractivity contribution >= 4 is 21.6 Å². The molecule has 3 heterocycles. The number of benzene rings is 1. The number of fused-ring (bicyclic) bond motifs is 1. The van der Waals surface area contributed by atoms with Crippen LogP contribution in [0.1, 0.15) is 30.8 Å². The first-order valence-electron chi connectivity index (χ1n) is 9.24. The summed E-state index contributed by atoms with van der Waals surface area (Å²) in [7, 11) is 0. The van der Waals surface area contributed by atoms with E-state index in [1.54, 1.807) is 11.3 Å². The Morgan fingerprint density at radius 2 is 1.96 bits per heavy atom. The maximum Gasteiger partial charge on any atom is 0.262 e. The van der Waals surface area contributed by atoms with Crippen LogP contribution in [0.5, 0.6) is 0 Å². The lowest BCUT2D eigenvalue weighted by molar-refractivity contribution is 0.159. The molecule has 1 fully saturated rings. The summed E-state index contributed by atoms with van der Waals surface area (Å²) in [6, 6.07) is 12.2. The molecule has 1 saturated heterocycles. The quantitative estimate of drug-likeness (QED) is 0.752. The summed E-state index contributed by atoms with van der Waals surface area (Å²) in [5.74, 6) is 0.901. The van der Waals surface area contributed by atoms with Gasteiger partial charge in [-0.15, -0.1) is 11.3 Å². The molecule has 1 aliphatic rings. The highest BCUT2D eigenvalue weighted by Crippen LogP contribution is 2.26. The number of thiophene rings is 1. The Hall–Kier alpha value is -2.02. The van der Waals surface area contributed by atoms with E-state index in [0.717, 1.165) is 54.2 Å². The third-order valence-electron chi connectivity index (χ3n) is 5.07. The molecule has 26 heavy (non-hydrogen) atoms. The van der Waals surface area contributed by atoms with Gasteiger partial charge in [-0.3, -0.25) is 14.3 Å².